The molecule has 7 heteroatoms. The van der Waals surface area contributed by atoms with Crippen LogP contribution in [0.1, 0.15) is 27.9 Å². The minimum atomic E-state index is -0.186. The minimum absolute atomic E-state index is 0.0425. The zero-order chi connectivity index (χ0) is 19.2. The Bertz CT molecular complexity index is 745. The van der Waals surface area contributed by atoms with Crippen molar-refractivity contribution in [3.63, 3.8) is 0 Å². The Balaban J connectivity index is 1.73. The number of methoxy groups -OCH3 is 2. The molecule has 3 rings (SSSR count). The number of aryl methyl sites for hydroxylation is 1. The molecule has 0 bridgehead atoms. The van der Waals surface area contributed by atoms with Crippen LogP contribution in [0.2, 0.25) is 0 Å². The van der Waals surface area contributed by atoms with Gasteiger partial charge in [-0.2, -0.15) is 0 Å². The summed E-state index contributed by atoms with van der Waals surface area (Å²) in [5.74, 6) is 2.66. The van der Waals surface area contributed by atoms with Crippen LogP contribution in [-0.2, 0) is 4.74 Å². The molecule has 1 aromatic heterocycles. The summed E-state index contributed by atoms with van der Waals surface area (Å²) in [6.07, 6.45) is 0. The molecular formula is C20H26N2O5. The number of nitrogens with zero attached hydrogens (tertiary/aromatic N) is 1. The van der Waals surface area contributed by atoms with E-state index in [0.29, 0.717) is 36.8 Å². The summed E-state index contributed by atoms with van der Waals surface area (Å²) in [4.78, 5) is 15.0. The Morgan fingerprint density at radius 3 is 2.37 bits per heavy atom. The lowest BCUT2D eigenvalue weighted by Crippen LogP contribution is -2.43. The van der Waals surface area contributed by atoms with Gasteiger partial charge >= 0.3 is 0 Å². The van der Waals surface area contributed by atoms with E-state index in [0.717, 1.165) is 24.6 Å². The Morgan fingerprint density at radius 2 is 1.81 bits per heavy atom. The highest BCUT2D eigenvalue weighted by atomic mass is 16.5. The van der Waals surface area contributed by atoms with E-state index in [2.05, 4.69) is 10.2 Å². The SMILES string of the molecule is COc1cc(OC)cc(C(=O)NCC(c2ccc(C)o2)N2CCOCC2)c1. The number of hydrogen-bond acceptors (Lipinski definition) is 6. The number of morpholine rings is 1. The van der Waals surface area contributed by atoms with Crippen LogP contribution in [0.15, 0.2) is 34.7 Å². The highest BCUT2D eigenvalue weighted by Crippen LogP contribution is 2.25. The molecule has 0 spiro atoms. The van der Waals surface area contributed by atoms with Crippen molar-refractivity contribution in [2.24, 2.45) is 0 Å². The smallest absolute Gasteiger partial charge is 0.251 e. The summed E-state index contributed by atoms with van der Waals surface area (Å²) >= 11 is 0. The van der Waals surface area contributed by atoms with E-state index in [-0.39, 0.29) is 11.9 Å². The molecule has 1 amide bonds. The summed E-state index contributed by atoms with van der Waals surface area (Å²) in [5.41, 5.74) is 0.488. The van der Waals surface area contributed by atoms with Crippen LogP contribution in [0.3, 0.4) is 0 Å². The van der Waals surface area contributed by atoms with Crippen molar-refractivity contribution in [3.8, 4) is 11.5 Å². The third kappa shape index (κ3) is 4.81. The average molecular weight is 374 g/mol. The van der Waals surface area contributed by atoms with E-state index in [1.165, 1.54) is 0 Å². The second-order valence-corrected chi connectivity index (χ2v) is 6.42. The zero-order valence-electron chi connectivity index (χ0n) is 16.0. The molecule has 2 heterocycles. The molecule has 1 saturated heterocycles. The first-order valence-corrected chi connectivity index (χ1v) is 9.00. The van der Waals surface area contributed by atoms with Crippen LogP contribution in [0, 0.1) is 6.92 Å². The maximum absolute atomic E-state index is 12.7. The maximum atomic E-state index is 12.7. The monoisotopic (exact) mass is 374 g/mol. The Morgan fingerprint density at radius 1 is 1.15 bits per heavy atom. The van der Waals surface area contributed by atoms with Crippen molar-refractivity contribution < 1.29 is 23.4 Å². The maximum Gasteiger partial charge on any atom is 0.251 e. The van der Waals surface area contributed by atoms with E-state index >= 15 is 0 Å². The summed E-state index contributed by atoms with van der Waals surface area (Å²) in [6, 6.07) is 8.99. The van der Waals surface area contributed by atoms with Gasteiger partial charge in [0.15, 0.2) is 0 Å². The van der Waals surface area contributed by atoms with Gasteiger partial charge in [-0.25, -0.2) is 0 Å². The molecule has 0 saturated carbocycles. The first kappa shape index (κ1) is 19.3. The molecule has 7 nitrogen and oxygen atoms in total. The second-order valence-electron chi connectivity index (χ2n) is 6.42. The highest BCUT2D eigenvalue weighted by Gasteiger charge is 2.26. The number of carbonyl (C=O) groups excluding carboxylic acids is 1. The quantitative estimate of drug-likeness (QED) is 0.802. The van der Waals surface area contributed by atoms with Gasteiger partial charge in [-0.3, -0.25) is 9.69 Å². The third-order valence-electron chi connectivity index (χ3n) is 4.65. The predicted molar refractivity (Wildman–Crippen MR) is 100 cm³/mol. The zero-order valence-corrected chi connectivity index (χ0v) is 16.0. The molecule has 1 N–H and O–H groups in total. The van der Waals surface area contributed by atoms with Crippen LogP contribution in [0.4, 0.5) is 0 Å². The summed E-state index contributed by atoms with van der Waals surface area (Å²) < 4.78 is 21.8. The lowest BCUT2D eigenvalue weighted by Gasteiger charge is -2.33. The fraction of sp³-hybridized carbons (Fsp3) is 0.450. The van der Waals surface area contributed by atoms with Crippen LogP contribution in [-0.4, -0.2) is 57.9 Å². The van der Waals surface area contributed by atoms with Gasteiger partial charge < -0.3 is 23.9 Å². The molecule has 1 aliphatic heterocycles. The van der Waals surface area contributed by atoms with Gasteiger partial charge in [-0.05, 0) is 31.2 Å². The van der Waals surface area contributed by atoms with Crippen molar-refractivity contribution in [1.29, 1.82) is 0 Å². The second kappa shape index (κ2) is 8.92. The van der Waals surface area contributed by atoms with Crippen LogP contribution < -0.4 is 14.8 Å². The van der Waals surface area contributed by atoms with Crippen molar-refractivity contribution in [1.82, 2.24) is 10.2 Å². The number of nitrogens with one attached hydrogen (secondary N) is 1. The first-order chi connectivity index (χ1) is 13.1. The van der Waals surface area contributed by atoms with E-state index in [9.17, 15) is 4.79 Å². The summed E-state index contributed by atoms with van der Waals surface area (Å²) in [5, 5.41) is 3.01. The van der Waals surface area contributed by atoms with Gasteiger partial charge in [0.1, 0.15) is 23.0 Å². The molecular weight excluding hydrogens is 348 g/mol. The number of benzene rings is 1. The molecule has 0 radical (unpaired) electrons. The normalized spacial score (nSPS) is 16.0. The molecule has 1 unspecified atom stereocenters. The van der Waals surface area contributed by atoms with Crippen LogP contribution >= 0.6 is 0 Å². The van der Waals surface area contributed by atoms with Gasteiger partial charge in [0.25, 0.3) is 5.91 Å². The number of ether oxygens (including phenoxy) is 3. The van der Waals surface area contributed by atoms with Crippen LogP contribution in [0.25, 0.3) is 0 Å². The molecule has 1 aromatic carbocycles. The lowest BCUT2D eigenvalue weighted by molar-refractivity contribution is 0.0117. The number of rotatable bonds is 7. The molecule has 1 fully saturated rings. The van der Waals surface area contributed by atoms with E-state index in [4.69, 9.17) is 18.6 Å². The standard InChI is InChI=1S/C20H26N2O5/c1-14-4-5-19(27-14)18(22-6-8-26-9-7-22)13-21-20(23)15-10-16(24-2)12-17(11-15)25-3/h4-5,10-12,18H,6-9,13H2,1-3H3,(H,21,23). The van der Waals surface area contributed by atoms with E-state index in [1.54, 1.807) is 32.4 Å². The number of carbonyl (C=O) groups is 1. The summed E-state index contributed by atoms with van der Waals surface area (Å²) in [6.45, 7) is 5.31. The fourth-order valence-corrected chi connectivity index (χ4v) is 3.16. The fourth-order valence-electron chi connectivity index (χ4n) is 3.16. The molecule has 27 heavy (non-hydrogen) atoms. The van der Waals surface area contributed by atoms with Gasteiger partial charge in [-0.15, -0.1) is 0 Å². The van der Waals surface area contributed by atoms with Crippen molar-refractivity contribution >= 4 is 5.91 Å². The number of hydrogen-bond donors (Lipinski definition) is 1. The number of furan rings is 1. The predicted octanol–water partition coefficient (Wildman–Crippen LogP) is 2.41. The van der Waals surface area contributed by atoms with Gasteiger partial charge in [-0.1, -0.05) is 0 Å². The van der Waals surface area contributed by atoms with E-state index < -0.39 is 0 Å². The molecule has 1 aliphatic rings. The Labute approximate surface area is 159 Å². The van der Waals surface area contributed by atoms with E-state index in [1.807, 2.05) is 19.1 Å². The van der Waals surface area contributed by atoms with Crippen LogP contribution in [0.5, 0.6) is 11.5 Å². The van der Waals surface area contributed by atoms with Gasteiger partial charge in [0, 0.05) is 31.3 Å². The summed E-state index contributed by atoms with van der Waals surface area (Å²) in [7, 11) is 3.12. The average Bonchev–Trinajstić information content (AvgIpc) is 3.14. The first-order valence-electron chi connectivity index (χ1n) is 9.00. The molecule has 0 aliphatic carbocycles. The van der Waals surface area contributed by atoms with Crippen molar-refractivity contribution in [2.75, 3.05) is 47.1 Å². The molecule has 2 aromatic rings. The Kier molecular flexibility index (Phi) is 6.36. The van der Waals surface area contributed by atoms with Gasteiger partial charge in [0.2, 0.25) is 0 Å². The molecule has 1 atom stereocenters. The molecule has 146 valence electrons. The Hall–Kier alpha value is -2.51. The minimum Gasteiger partial charge on any atom is -0.497 e. The van der Waals surface area contributed by atoms with Crippen molar-refractivity contribution in [2.45, 2.75) is 13.0 Å². The largest absolute Gasteiger partial charge is 0.497 e. The van der Waals surface area contributed by atoms with Crippen molar-refractivity contribution in [3.05, 3.63) is 47.4 Å². The third-order valence-corrected chi connectivity index (χ3v) is 4.65. The number of amides is 1. The van der Waals surface area contributed by atoms with Gasteiger partial charge in [0.05, 0.1) is 33.5 Å². The highest BCUT2D eigenvalue weighted by molar-refractivity contribution is 5.95. The topological polar surface area (TPSA) is 73.2 Å². The lowest BCUT2D eigenvalue weighted by atomic mass is 10.1.